The second kappa shape index (κ2) is 5.26. The molecule has 2 aliphatic rings. The number of carbonyl (C=O) groups excluding carboxylic acids is 1. The Morgan fingerprint density at radius 3 is 2.83 bits per heavy atom. The van der Waals surface area contributed by atoms with Gasteiger partial charge in [0, 0.05) is 19.5 Å². The third-order valence-electron chi connectivity index (χ3n) is 4.13. The SMILES string of the molecule is CC1(C(=O)N2CCC(CC(=O)O)C2)CCCCN1. The highest BCUT2D eigenvalue weighted by atomic mass is 16.4. The Balaban J connectivity index is 1.92. The molecule has 2 atom stereocenters. The van der Waals surface area contributed by atoms with Crippen LogP contribution >= 0.6 is 0 Å². The lowest BCUT2D eigenvalue weighted by molar-refractivity contribution is -0.140. The van der Waals surface area contributed by atoms with E-state index in [1.54, 1.807) is 0 Å². The van der Waals surface area contributed by atoms with E-state index >= 15 is 0 Å². The Morgan fingerprint density at radius 1 is 1.44 bits per heavy atom. The van der Waals surface area contributed by atoms with Crippen LogP contribution in [0.2, 0.25) is 0 Å². The molecule has 0 aromatic rings. The smallest absolute Gasteiger partial charge is 0.303 e. The van der Waals surface area contributed by atoms with Crippen LogP contribution in [0.15, 0.2) is 0 Å². The van der Waals surface area contributed by atoms with Gasteiger partial charge in [-0.1, -0.05) is 0 Å². The van der Waals surface area contributed by atoms with Gasteiger partial charge >= 0.3 is 5.97 Å². The molecule has 18 heavy (non-hydrogen) atoms. The number of piperidine rings is 1. The van der Waals surface area contributed by atoms with Crippen molar-refractivity contribution in [2.45, 2.75) is 44.6 Å². The first kappa shape index (κ1) is 13.3. The van der Waals surface area contributed by atoms with Gasteiger partial charge in [0.25, 0.3) is 0 Å². The van der Waals surface area contributed by atoms with E-state index in [4.69, 9.17) is 5.11 Å². The van der Waals surface area contributed by atoms with Gasteiger partial charge in [-0.3, -0.25) is 9.59 Å². The van der Waals surface area contributed by atoms with Crippen molar-refractivity contribution >= 4 is 11.9 Å². The van der Waals surface area contributed by atoms with Crippen LogP contribution in [0.3, 0.4) is 0 Å². The first-order valence-corrected chi connectivity index (χ1v) is 6.77. The highest BCUT2D eigenvalue weighted by Crippen LogP contribution is 2.26. The van der Waals surface area contributed by atoms with Crippen molar-refractivity contribution < 1.29 is 14.7 Å². The fraction of sp³-hybridized carbons (Fsp3) is 0.846. The van der Waals surface area contributed by atoms with Crippen LogP contribution in [-0.4, -0.2) is 47.1 Å². The normalized spacial score (nSPS) is 32.5. The first-order chi connectivity index (χ1) is 8.51. The molecule has 0 bridgehead atoms. The lowest BCUT2D eigenvalue weighted by atomic mass is 9.89. The van der Waals surface area contributed by atoms with E-state index in [0.29, 0.717) is 13.1 Å². The van der Waals surface area contributed by atoms with Crippen LogP contribution < -0.4 is 5.32 Å². The number of hydrogen-bond donors (Lipinski definition) is 2. The third-order valence-corrected chi connectivity index (χ3v) is 4.13. The first-order valence-electron chi connectivity index (χ1n) is 6.77. The minimum Gasteiger partial charge on any atom is -0.481 e. The van der Waals surface area contributed by atoms with Crippen LogP contribution in [0.1, 0.15) is 39.0 Å². The summed E-state index contributed by atoms with van der Waals surface area (Å²) in [4.78, 5) is 25.0. The van der Waals surface area contributed by atoms with Gasteiger partial charge in [0.2, 0.25) is 5.91 Å². The summed E-state index contributed by atoms with van der Waals surface area (Å²) in [5.74, 6) is -0.495. The second-order valence-electron chi connectivity index (χ2n) is 5.72. The molecule has 2 unspecified atom stereocenters. The molecule has 2 heterocycles. The van der Waals surface area contributed by atoms with Gasteiger partial charge in [-0.15, -0.1) is 0 Å². The Hall–Kier alpha value is -1.10. The number of amides is 1. The van der Waals surface area contributed by atoms with E-state index in [2.05, 4.69) is 5.32 Å². The number of carboxylic acid groups (broad SMARTS) is 1. The van der Waals surface area contributed by atoms with Crippen molar-refractivity contribution in [1.29, 1.82) is 0 Å². The van der Waals surface area contributed by atoms with E-state index in [1.807, 2.05) is 11.8 Å². The number of likely N-dealkylation sites (tertiary alicyclic amines) is 1. The van der Waals surface area contributed by atoms with E-state index < -0.39 is 11.5 Å². The van der Waals surface area contributed by atoms with Crippen molar-refractivity contribution in [2.24, 2.45) is 5.92 Å². The Morgan fingerprint density at radius 2 is 2.22 bits per heavy atom. The monoisotopic (exact) mass is 254 g/mol. The molecule has 2 N–H and O–H groups in total. The molecule has 102 valence electrons. The minimum absolute atomic E-state index is 0.124. The predicted octanol–water partition coefficient (Wildman–Crippen LogP) is 0.842. The summed E-state index contributed by atoms with van der Waals surface area (Å²) in [6.45, 7) is 4.17. The van der Waals surface area contributed by atoms with Crippen LogP contribution in [0.25, 0.3) is 0 Å². The van der Waals surface area contributed by atoms with Gasteiger partial charge in [-0.2, -0.15) is 0 Å². The summed E-state index contributed by atoms with van der Waals surface area (Å²) < 4.78 is 0. The Bertz CT molecular complexity index is 337. The summed E-state index contributed by atoms with van der Waals surface area (Å²) in [6, 6.07) is 0. The summed E-state index contributed by atoms with van der Waals surface area (Å²) in [5.41, 5.74) is -0.434. The van der Waals surface area contributed by atoms with Crippen molar-refractivity contribution in [3.63, 3.8) is 0 Å². The molecule has 0 aromatic heterocycles. The van der Waals surface area contributed by atoms with Crippen molar-refractivity contribution in [1.82, 2.24) is 10.2 Å². The van der Waals surface area contributed by atoms with Gasteiger partial charge in [0.05, 0.1) is 5.54 Å². The number of nitrogens with one attached hydrogen (secondary N) is 1. The maximum atomic E-state index is 12.5. The van der Waals surface area contributed by atoms with Gasteiger partial charge in [0.1, 0.15) is 0 Å². The number of carbonyl (C=O) groups is 2. The molecule has 5 heteroatoms. The molecule has 0 aromatic carbocycles. The molecular weight excluding hydrogens is 232 g/mol. The molecule has 2 rings (SSSR count). The summed E-state index contributed by atoms with van der Waals surface area (Å²) in [5, 5.41) is 12.1. The Kier molecular flexibility index (Phi) is 3.90. The van der Waals surface area contributed by atoms with Crippen LogP contribution in [0, 0.1) is 5.92 Å². The molecule has 2 aliphatic heterocycles. The number of aliphatic carboxylic acids is 1. The molecule has 5 nitrogen and oxygen atoms in total. The zero-order valence-corrected chi connectivity index (χ0v) is 10.9. The highest BCUT2D eigenvalue weighted by molar-refractivity contribution is 5.86. The largest absolute Gasteiger partial charge is 0.481 e. The lowest BCUT2D eigenvalue weighted by Gasteiger charge is -2.36. The summed E-state index contributed by atoms with van der Waals surface area (Å²) >= 11 is 0. The molecule has 0 spiro atoms. The maximum Gasteiger partial charge on any atom is 0.303 e. The number of rotatable bonds is 3. The van der Waals surface area contributed by atoms with Crippen molar-refractivity contribution in [3.8, 4) is 0 Å². The van der Waals surface area contributed by atoms with E-state index in [1.165, 1.54) is 0 Å². The van der Waals surface area contributed by atoms with Crippen molar-refractivity contribution in [2.75, 3.05) is 19.6 Å². The maximum absolute atomic E-state index is 12.5. The molecule has 2 fully saturated rings. The topological polar surface area (TPSA) is 69.6 Å². The van der Waals surface area contributed by atoms with Crippen molar-refractivity contribution in [3.05, 3.63) is 0 Å². The average Bonchev–Trinajstić information content (AvgIpc) is 2.76. The molecular formula is C13H22N2O3. The van der Waals surface area contributed by atoms with Gasteiger partial charge in [-0.05, 0) is 45.1 Å². The van der Waals surface area contributed by atoms with E-state index in [-0.39, 0.29) is 18.2 Å². The summed E-state index contributed by atoms with van der Waals surface area (Å²) in [6.07, 6.45) is 4.08. The third kappa shape index (κ3) is 2.83. The minimum atomic E-state index is -0.767. The second-order valence-corrected chi connectivity index (χ2v) is 5.72. The Labute approximate surface area is 108 Å². The number of carboxylic acids is 1. The molecule has 0 aliphatic carbocycles. The fourth-order valence-corrected chi connectivity index (χ4v) is 3.02. The van der Waals surface area contributed by atoms with Crippen LogP contribution in [0.5, 0.6) is 0 Å². The van der Waals surface area contributed by atoms with Crippen LogP contribution in [0.4, 0.5) is 0 Å². The average molecular weight is 254 g/mol. The zero-order chi connectivity index (χ0) is 13.2. The van der Waals surface area contributed by atoms with Gasteiger partial charge in [-0.25, -0.2) is 0 Å². The highest BCUT2D eigenvalue weighted by Gasteiger charge is 2.40. The zero-order valence-electron chi connectivity index (χ0n) is 10.9. The van der Waals surface area contributed by atoms with E-state index in [9.17, 15) is 9.59 Å². The quantitative estimate of drug-likeness (QED) is 0.783. The molecule has 0 radical (unpaired) electrons. The van der Waals surface area contributed by atoms with Crippen LogP contribution in [-0.2, 0) is 9.59 Å². The molecule has 2 saturated heterocycles. The molecule has 0 saturated carbocycles. The number of nitrogens with zero attached hydrogens (tertiary/aromatic N) is 1. The molecule has 1 amide bonds. The van der Waals surface area contributed by atoms with Gasteiger partial charge < -0.3 is 15.3 Å². The van der Waals surface area contributed by atoms with Gasteiger partial charge in [0.15, 0.2) is 0 Å². The lowest BCUT2D eigenvalue weighted by Crippen LogP contribution is -2.57. The predicted molar refractivity (Wildman–Crippen MR) is 67.2 cm³/mol. The van der Waals surface area contributed by atoms with E-state index in [0.717, 1.165) is 32.2 Å². The standard InChI is InChI=1S/C13H22N2O3/c1-13(5-2-3-6-14-13)12(18)15-7-4-10(9-15)8-11(16)17/h10,14H,2-9H2,1H3,(H,16,17). The number of hydrogen-bond acceptors (Lipinski definition) is 3. The fourth-order valence-electron chi connectivity index (χ4n) is 3.02. The summed E-state index contributed by atoms with van der Waals surface area (Å²) in [7, 11) is 0.